The number of thiophene rings is 1. The molecule has 116 valence electrons. The Morgan fingerprint density at radius 2 is 2.10 bits per heavy atom. The van der Waals surface area contributed by atoms with Crippen LogP contribution in [0.15, 0.2) is 20.9 Å². The van der Waals surface area contributed by atoms with Crippen molar-refractivity contribution in [1.29, 1.82) is 0 Å². The zero-order valence-corrected chi connectivity index (χ0v) is 14.5. The molecule has 1 aromatic heterocycles. The molecular weight excluding hydrogens is 352 g/mol. The van der Waals surface area contributed by atoms with Crippen LogP contribution in [0.5, 0.6) is 0 Å². The molecule has 1 fully saturated rings. The fraction of sp³-hybridized carbons (Fsp3) is 0.571. The second-order valence-corrected chi connectivity index (χ2v) is 7.44. The van der Waals surface area contributed by atoms with E-state index >= 15 is 0 Å². The Balaban J connectivity index is 1.71. The number of nitrogens with one attached hydrogen (secondary N) is 3. The van der Waals surface area contributed by atoms with Crippen LogP contribution in [0.4, 0.5) is 0 Å². The third-order valence-electron chi connectivity index (χ3n) is 3.03. The predicted molar refractivity (Wildman–Crippen MR) is 90.6 cm³/mol. The Kier molecular flexibility index (Phi) is 6.50. The summed E-state index contributed by atoms with van der Waals surface area (Å²) < 4.78 is 1.12. The van der Waals surface area contributed by atoms with Gasteiger partial charge in [0.1, 0.15) is 0 Å². The van der Waals surface area contributed by atoms with E-state index in [0.717, 1.165) is 29.1 Å². The van der Waals surface area contributed by atoms with Crippen molar-refractivity contribution >= 4 is 39.1 Å². The smallest absolute Gasteiger partial charge is 0.223 e. The first kappa shape index (κ1) is 16.3. The first-order valence-electron chi connectivity index (χ1n) is 7.23. The summed E-state index contributed by atoms with van der Waals surface area (Å²) in [5.74, 6) is 1.23. The van der Waals surface area contributed by atoms with Gasteiger partial charge in [-0.2, -0.15) is 0 Å². The number of rotatable bonds is 7. The SMILES string of the molecule is CCNC(=NCc1ccc(Br)s1)NCCNC(=O)C1CC1. The summed E-state index contributed by atoms with van der Waals surface area (Å²) in [6.07, 6.45) is 2.08. The van der Waals surface area contributed by atoms with E-state index in [1.807, 2.05) is 13.0 Å². The van der Waals surface area contributed by atoms with Crippen LogP contribution >= 0.6 is 27.3 Å². The van der Waals surface area contributed by atoms with Crippen LogP contribution < -0.4 is 16.0 Å². The largest absolute Gasteiger partial charge is 0.357 e. The van der Waals surface area contributed by atoms with Crippen molar-refractivity contribution in [3.63, 3.8) is 0 Å². The molecule has 5 nitrogen and oxygen atoms in total. The highest BCUT2D eigenvalue weighted by molar-refractivity contribution is 9.11. The van der Waals surface area contributed by atoms with Crippen molar-refractivity contribution < 1.29 is 4.79 Å². The van der Waals surface area contributed by atoms with Crippen LogP contribution in [0.1, 0.15) is 24.6 Å². The van der Waals surface area contributed by atoms with Gasteiger partial charge in [0.05, 0.1) is 10.3 Å². The number of halogens is 1. The van der Waals surface area contributed by atoms with Crippen molar-refractivity contribution in [2.75, 3.05) is 19.6 Å². The highest BCUT2D eigenvalue weighted by Gasteiger charge is 2.28. The average Bonchev–Trinajstić information content (AvgIpc) is 3.24. The summed E-state index contributed by atoms with van der Waals surface area (Å²) in [7, 11) is 0. The van der Waals surface area contributed by atoms with Crippen LogP contribution in [0, 0.1) is 5.92 Å². The van der Waals surface area contributed by atoms with E-state index in [4.69, 9.17) is 0 Å². The van der Waals surface area contributed by atoms with Gasteiger partial charge in [0.25, 0.3) is 0 Å². The molecule has 3 N–H and O–H groups in total. The molecule has 1 aliphatic rings. The van der Waals surface area contributed by atoms with Gasteiger partial charge in [-0.05, 0) is 47.8 Å². The molecule has 7 heteroatoms. The van der Waals surface area contributed by atoms with Crippen LogP contribution in [-0.2, 0) is 11.3 Å². The molecule has 0 atom stereocenters. The molecule has 1 saturated carbocycles. The monoisotopic (exact) mass is 372 g/mol. The lowest BCUT2D eigenvalue weighted by atomic mass is 10.4. The fourth-order valence-corrected chi connectivity index (χ4v) is 3.20. The molecule has 1 heterocycles. The van der Waals surface area contributed by atoms with Crippen molar-refractivity contribution in [3.8, 4) is 0 Å². The maximum atomic E-state index is 11.5. The number of amides is 1. The van der Waals surface area contributed by atoms with E-state index in [0.29, 0.717) is 19.6 Å². The van der Waals surface area contributed by atoms with Gasteiger partial charge in [-0.3, -0.25) is 4.79 Å². The minimum absolute atomic E-state index is 0.183. The summed E-state index contributed by atoms with van der Waals surface area (Å²) in [5, 5.41) is 9.36. The summed E-state index contributed by atoms with van der Waals surface area (Å²) in [6, 6.07) is 4.10. The quantitative estimate of drug-likeness (QED) is 0.390. The van der Waals surface area contributed by atoms with Gasteiger partial charge in [-0.25, -0.2) is 4.99 Å². The number of nitrogens with zero attached hydrogens (tertiary/aromatic N) is 1. The summed E-state index contributed by atoms with van der Waals surface area (Å²) >= 11 is 5.14. The molecule has 21 heavy (non-hydrogen) atoms. The molecular formula is C14H21BrN4OS. The van der Waals surface area contributed by atoms with Gasteiger partial charge >= 0.3 is 0 Å². The summed E-state index contributed by atoms with van der Waals surface area (Å²) in [6.45, 7) is 4.81. The molecule has 0 unspecified atom stereocenters. The number of aliphatic imine (C=N–C) groups is 1. The van der Waals surface area contributed by atoms with E-state index in [9.17, 15) is 4.79 Å². The zero-order valence-electron chi connectivity index (χ0n) is 12.1. The van der Waals surface area contributed by atoms with Crippen molar-refractivity contribution in [3.05, 3.63) is 20.8 Å². The lowest BCUT2D eigenvalue weighted by Gasteiger charge is -2.11. The number of hydrogen-bond acceptors (Lipinski definition) is 3. The van der Waals surface area contributed by atoms with E-state index in [2.05, 4.69) is 42.9 Å². The Hall–Kier alpha value is -1.08. The summed E-state index contributed by atoms with van der Waals surface area (Å²) in [5.41, 5.74) is 0. The lowest BCUT2D eigenvalue weighted by molar-refractivity contribution is -0.122. The van der Waals surface area contributed by atoms with Gasteiger partial charge < -0.3 is 16.0 Å². The van der Waals surface area contributed by atoms with Gasteiger partial charge in [0, 0.05) is 30.4 Å². The maximum absolute atomic E-state index is 11.5. The zero-order chi connectivity index (χ0) is 15.1. The molecule has 0 radical (unpaired) electrons. The van der Waals surface area contributed by atoms with Crippen LogP contribution in [0.3, 0.4) is 0 Å². The molecule has 1 aliphatic carbocycles. The highest BCUT2D eigenvalue weighted by Crippen LogP contribution is 2.28. The normalized spacial score (nSPS) is 14.9. The van der Waals surface area contributed by atoms with Gasteiger partial charge in [-0.1, -0.05) is 0 Å². The molecule has 0 aromatic carbocycles. The van der Waals surface area contributed by atoms with E-state index in [1.54, 1.807) is 11.3 Å². The van der Waals surface area contributed by atoms with Gasteiger partial charge in [-0.15, -0.1) is 11.3 Å². The van der Waals surface area contributed by atoms with E-state index < -0.39 is 0 Å². The van der Waals surface area contributed by atoms with Crippen molar-refractivity contribution in [2.45, 2.75) is 26.3 Å². The standard InChI is InChI=1S/C14H21BrN4OS/c1-2-16-14(19-9-11-5-6-12(15)21-11)18-8-7-17-13(20)10-3-4-10/h5-6,10H,2-4,7-9H2,1H3,(H,17,20)(H2,16,18,19). The number of carbonyl (C=O) groups excluding carboxylic acids is 1. The van der Waals surface area contributed by atoms with Crippen LogP contribution in [-0.4, -0.2) is 31.5 Å². The molecule has 0 saturated heterocycles. The Bertz CT molecular complexity index is 499. The average molecular weight is 373 g/mol. The first-order valence-corrected chi connectivity index (χ1v) is 8.84. The number of carbonyl (C=O) groups is 1. The lowest BCUT2D eigenvalue weighted by Crippen LogP contribution is -2.41. The summed E-state index contributed by atoms with van der Waals surface area (Å²) in [4.78, 5) is 17.2. The minimum atomic E-state index is 0.183. The molecule has 0 bridgehead atoms. The highest BCUT2D eigenvalue weighted by atomic mass is 79.9. The predicted octanol–water partition coefficient (Wildman–Crippen LogP) is 2.09. The number of hydrogen-bond donors (Lipinski definition) is 3. The topological polar surface area (TPSA) is 65.5 Å². The van der Waals surface area contributed by atoms with Gasteiger partial charge in [0.15, 0.2) is 5.96 Å². The Morgan fingerprint density at radius 3 is 2.71 bits per heavy atom. The van der Waals surface area contributed by atoms with Crippen molar-refractivity contribution in [2.24, 2.45) is 10.9 Å². The molecule has 0 spiro atoms. The van der Waals surface area contributed by atoms with E-state index in [-0.39, 0.29) is 11.8 Å². The van der Waals surface area contributed by atoms with Crippen LogP contribution in [0.2, 0.25) is 0 Å². The fourth-order valence-electron chi connectivity index (χ4n) is 1.79. The minimum Gasteiger partial charge on any atom is -0.357 e. The Morgan fingerprint density at radius 1 is 1.33 bits per heavy atom. The molecule has 0 aliphatic heterocycles. The molecule has 1 amide bonds. The molecule has 2 rings (SSSR count). The van der Waals surface area contributed by atoms with Crippen molar-refractivity contribution in [1.82, 2.24) is 16.0 Å². The van der Waals surface area contributed by atoms with E-state index in [1.165, 1.54) is 4.88 Å². The molecule has 1 aromatic rings. The second-order valence-electron chi connectivity index (χ2n) is 4.89. The number of guanidine groups is 1. The Labute approximate surface area is 137 Å². The first-order chi connectivity index (χ1) is 10.2. The third-order valence-corrected chi connectivity index (χ3v) is 4.64. The third kappa shape index (κ3) is 6.05. The van der Waals surface area contributed by atoms with Crippen LogP contribution in [0.25, 0.3) is 0 Å². The van der Waals surface area contributed by atoms with Gasteiger partial charge in [0.2, 0.25) is 5.91 Å². The maximum Gasteiger partial charge on any atom is 0.223 e. The second kappa shape index (κ2) is 8.38.